The molecule has 0 spiro atoms. The number of hydrogen-bond donors (Lipinski definition) is 1. The van der Waals surface area contributed by atoms with Crippen molar-refractivity contribution in [2.75, 3.05) is 19.8 Å². The summed E-state index contributed by atoms with van der Waals surface area (Å²) in [5.41, 5.74) is 5.50. The van der Waals surface area contributed by atoms with Crippen LogP contribution in [0.5, 0.6) is 0 Å². The van der Waals surface area contributed by atoms with E-state index >= 15 is 0 Å². The Morgan fingerprint density at radius 3 is 2.53 bits per heavy atom. The average molecular weight is 519 g/mol. The molecule has 1 aliphatic carbocycles. The molecule has 200 valence electrons. The number of nitrogens with zero attached hydrogens (tertiary/aromatic N) is 2. The standard InChI is InChI=1S/C28H43N2O5P/c1-24(15-16-27-26(3)14-10-18-28(27,4)5)12-9-13-25(2)17-20-30-33-21-7-6-8-22-34-36(31,32)35-23-11-19-29/h9,12-13,15-17,20H,6-8,10-11,14,18,21-23H2,1-5H3,(H,31,32)/b13-9+,16-15+,24-12+,25-17+,30-20?. The molecular weight excluding hydrogens is 475 g/mol. The lowest BCUT2D eigenvalue weighted by Crippen LogP contribution is -2.19. The van der Waals surface area contributed by atoms with Crippen molar-refractivity contribution < 1.29 is 23.3 Å². The van der Waals surface area contributed by atoms with Crippen LogP contribution in [0.15, 0.2) is 63.9 Å². The number of unbranched alkanes of at least 4 members (excludes halogenated alkanes) is 2. The second-order valence-corrected chi connectivity index (χ2v) is 11.1. The summed E-state index contributed by atoms with van der Waals surface area (Å²) in [6, 6.07) is 1.83. The first kappa shape index (κ1) is 31.8. The van der Waals surface area contributed by atoms with E-state index < -0.39 is 7.82 Å². The van der Waals surface area contributed by atoms with Gasteiger partial charge in [0, 0.05) is 0 Å². The van der Waals surface area contributed by atoms with Crippen LogP contribution in [0.1, 0.15) is 79.6 Å². The first-order chi connectivity index (χ1) is 17.1. The van der Waals surface area contributed by atoms with Crippen LogP contribution in [0.3, 0.4) is 0 Å². The molecule has 0 bridgehead atoms. The third-order valence-electron chi connectivity index (χ3n) is 5.85. The molecular formula is C28H43N2O5P. The Balaban J connectivity index is 2.26. The summed E-state index contributed by atoms with van der Waals surface area (Å²) in [6.45, 7) is 11.5. The molecule has 0 saturated carbocycles. The van der Waals surface area contributed by atoms with Crippen molar-refractivity contribution in [1.29, 1.82) is 5.26 Å². The van der Waals surface area contributed by atoms with Crippen molar-refractivity contribution >= 4 is 14.0 Å². The normalized spacial score (nSPS) is 18.8. The number of allylic oxidation sites excluding steroid dienone is 10. The molecule has 0 heterocycles. The Kier molecular flexibility index (Phi) is 15.3. The molecule has 0 aromatic heterocycles. The zero-order chi connectivity index (χ0) is 26.9. The van der Waals surface area contributed by atoms with E-state index in [1.165, 1.54) is 36.0 Å². The van der Waals surface area contributed by atoms with E-state index in [-0.39, 0.29) is 25.0 Å². The van der Waals surface area contributed by atoms with Gasteiger partial charge in [-0.3, -0.25) is 9.05 Å². The maximum atomic E-state index is 11.5. The molecule has 7 nitrogen and oxygen atoms in total. The van der Waals surface area contributed by atoms with Crippen molar-refractivity contribution in [3.8, 4) is 6.07 Å². The van der Waals surface area contributed by atoms with Crippen molar-refractivity contribution in [2.45, 2.75) is 79.6 Å². The number of nitriles is 1. The topological polar surface area (TPSA) is 101 Å². The number of phosphoric acid groups is 1. The first-order valence-corrected chi connectivity index (χ1v) is 14.1. The minimum atomic E-state index is -4.06. The van der Waals surface area contributed by atoms with Gasteiger partial charge in [0.2, 0.25) is 0 Å². The molecule has 1 N–H and O–H groups in total. The predicted molar refractivity (Wildman–Crippen MR) is 146 cm³/mol. The Labute approximate surface area is 217 Å². The summed E-state index contributed by atoms with van der Waals surface area (Å²) in [5.74, 6) is 0. The van der Waals surface area contributed by atoms with Gasteiger partial charge in [0.05, 0.1) is 31.9 Å². The molecule has 1 aliphatic rings. The van der Waals surface area contributed by atoms with E-state index in [0.29, 0.717) is 13.0 Å². The molecule has 0 aliphatic heterocycles. The molecule has 0 aromatic carbocycles. The van der Waals surface area contributed by atoms with Gasteiger partial charge in [-0.2, -0.15) is 5.26 Å². The van der Waals surface area contributed by atoms with Crippen LogP contribution in [-0.4, -0.2) is 30.9 Å². The van der Waals surface area contributed by atoms with E-state index in [4.69, 9.17) is 14.6 Å². The second kappa shape index (κ2) is 17.3. The molecule has 1 unspecified atom stereocenters. The van der Waals surface area contributed by atoms with Gasteiger partial charge in [-0.25, -0.2) is 4.57 Å². The molecule has 0 amide bonds. The van der Waals surface area contributed by atoms with E-state index in [0.717, 1.165) is 18.4 Å². The predicted octanol–water partition coefficient (Wildman–Crippen LogP) is 7.74. The largest absolute Gasteiger partial charge is 0.472 e. The van der Waals surface area contributed by atoms with Crippen molar-refractivity contribution in [3.63, 3.8) is 0 Å². The fourth-order valence-electron chi connectivity index (χ4n) is 3.80. The van der Waals surface area contributed by atoms with Crippen LogP contribution >= 0.6 is 7.82 Å². The molecule has 0 radical (unpaired) electrons. The summed E-state index contributed by atoms with van der Waals surface area (Å²) in [6.07, 6.45) is 20.0. The number of oxime groups is 1. The monoisotopic (exact) mass is 518 g/mol. The Morgan fingerprint density at radius 2 is 1.81 bits per heavy atom. The highest BCUT2D eigenvalue weighted by molar-refractivity contribution is 7.47. The zero-order valence-corrected chi connectivity index (χ0v) is 23.4. The Morgan fingerprint density at radius 1 is 1.11 bits per heavy atom. The highest BCUT2D eigenvalue weighted by Crippen LogP contribution is 2.43. The van der Waals surface area contributed by atoms with Gasteiger partial charge in [-0.1, -0.05) is 60.5 Å². The lowest BCUT2D eigenvalue weighted by Gasteiger charge is -2.32. The molecule has 0 fully saturated rings. The molecule has 1 atom stereocenters. The van der Waals surface area contributed by atoms with Gasteiger partial charge in [0.1, 0.15) is 6.61 Å². The van der Waals surface area contributed by atoms with Gasteiger partial charge < -0.3 is 9.73 Å². The van der Waals surface area contributed by atoms with Crippen LogP contribution < -0.4 is 0 Å². The van der Waals surface area contributed by atoms with Crippen LogP contribution in [0.25, 0.3) is 0 Å². The average Bonchev–Trinajstić information content (AvgIpc) is 2.79. The smallest absolute Gasteiger partial charge is 0.396 e. The van der Waals surface area contributed by atoms with E-state index in [2.05, 4.69) is 55.6 Å². The van der Waals surface area contributed by atoms with Crippen molar-refractivity contribution in [1.82, 2.24) is 0 Å². The van der Waals surface area contributed by atoms with Crippen LogP contribution in [0.2, 0.25) is 0 Å². The van der Waals surface area contributed by atoms with E-state index in [1.54, 1.807) is 6.21 Å². The zero-order valence-electron chi connectivity index (χ0n) is 22.5. The second-order valence-electron chi connectivity index (χ2n) is 9.64. The van der Waals surface area contributed by atoms with Gasteiger partial charge in [-0.15, -0.1) is 0 Å². The van der Waals surface area contributed by atoms with Crippen molar-refractivity contribution in [3.05, 3.63) is 58.7 Å². The maximum absolute atomic E-state index is 11.5. The number of phosphoric ester groups is 1. The third-order valence-corrected chi connectivity index (χ3v) is 6.87. The van der Waals surface area contributed by atoms with Crippen LogP contribution in [-0.2, 0) is 18.5 Å². The first-order valence-electron chi connectivity index (χ1n) is 12.6. The molecule has 8 heteroatoms. The summed E-state index contributed by atoms with van der Waals surface area (Å²) in [5, 5.41) is 12.3. The maximum Gasteiger partial charge on any atom is 0.472 e. The van der Waals surface area contributed by atoms with Gasteiger partial charge >= 0.3 is 7.82 Å². The minimum Gasteiger partial charge on any atom is -0.396 e. The number of rotatable bonds is 16. The third kappa shape index (κ3) is 14.4. The molecule has 36 heavy (non-hydrogen) atoms. The summed E-state index contributed by atoms with van der Waals surface area (Å²) in [4.78, 5) is 14.6. The summed E-state index contributed by atoms with van der Waals surface area (Å²) < 4.78 is 21.0. The SMILES string of the molecule is CC1=C(/C=C/C(C)=C/C=C/C(C)=C/C=NOCCCCCOP(=O)(O)OCCC#N)C(C)(C)CCC1. The molecule has 0 aromatic rings. The van der Waals surface area contributed by atoms with Crippen LogP contribution in [0, 0.1) is 16.7 Å². The Hall–Kier alpha value is -2.23. The van der Waals surface area contributed by atoms with Gasteiger partial charge in [0.15, 0.2) is 0 Å². The quantitative estimate of drug-likeness (QED) is 0.0737. The minimum absolute atomic E-state index is 0.0439. The molecule has 0 saturated heterocycles. The molecule has 1 rings (SSSR count). The summed E-state index contributed by atoms with van der Waals surface area (Å²) >= 11 is 0. The van der Waals surface area contributed by atoms with Gasteiger partial charge in [-0.05, 0) is 81.9 Å². The van der Waals surface area contributed by atoms with E-state index in [1.807, 2.05) is 31.2 Å². The fourth-order valence-corrected chi connectivity index (χ4v) is 4.56. The summed E-state index contributed by atoms with van der Waals surface area (Å²) in [7, 11) is -4.06. The lowest BCUT2D eigenvalue weighted by atomic mass is 9.72. The van der Waals surface area contributed by atoms with E-state index in [9.17, 15) is 9.46 Å². The van der Waals surface area contributed by atoms with Gasteiger partial charge in [0.25, 0.3) is 0 Å². The lowest BCUT2D eigenvalue weighted by molar-refractivity contribution is 0.133. The Bertz CT molecular complexity index is 951. The highest BCUT2D eigenvalue weighted by Gasteiger charge is 2.26. The van der Waals surface area contributed by atoms with Crippen molar-refractivity contribution in [2.24, 2.45) is 10.6 Å². The number of hydrogen-bond acceptors (Lipinski definition) is 6. The fraction of sp³-hybridized carbons (Fsp3) is 0.571. The highest BCUT2D eigenvalue weighted by atomic mass is 31.2. The van der Waals surface area contributed by atoms with Crippen LogP contribution in [0.4, 0.5) is 0 Å².